The summed E-state index contributed by atoms with van der Waals surface area (Å²) in [6.45, 7) is 4.61. The van der Waals surface area contributed by atoms with Gasteiger partial charge in [-0.3, -0.25) is 0 Å². The molecule has 1 N–H and O–H groups in total. The average Bonchev–Trinajstić information content (AvgIpc) is 3.35. The van der Waals surface area contributed by atoms with Crippen LogP contribution in [0.15, 0.2) is 18.2 Å². The molecule has 5 aliphatic carbocycles. The lowest BCUT2D eigenvalue weighted by Gasteiger charge is -2.54. The van der Waals surface area contributed by atoms with Gasteiger partial charge in [0.25, 0.3) is 0 Å². The lowest BCUT2D eigenvalue weighted by Crippen LogP contribution is -2.48. The molecule has 0 spiro atoms. The Balaban J connectivity index is 1.20. The second kappa shape index (κ2) is 5.62. The molecule has 0 radical (unpaired) electrons. The van der Waals surface area contributed by atoms with Crippen LogP contribution in [0.3, 0.4) is 0 Å². The van der Waals surface area contributed by atoms with Crippen LogP contribution in [0.5, 0.6) is 0 Å². The lowest BCUT2D eigenvalue weighted by molar-refractivity contribution is -0.0355. The summed E-state index contributed by atoms with van der Waals surface area (Å²) in [7, 11) is 0. The van der Waals surface area contributed by atoms with E-state index in [1.54, 1.807) is 37.7 Å². The molecule has 0 atom stereocenters. The molecule has 1 aromatic rings. The average molecular weight is 309 g/mol. The molecule has 5 saturated carbocycles. The Kier molecular flexibility index (Phi) is 3.55. The van der Waals surface area contributed by atoms with Crippen molar-refractivity contribution in [3.63, 3.8) is 0 Å². The first-order valence-electron chi connectivity index (χ1n) is 10.1. The molecule has 124 valence electrons. The maximum Gasteiger partial charge on any atom is 0.0205 e. The quantitative estimate of drug-likeness (QED) is 0.804. The highest BCUT2D eigenvalue weighted by molar-refractivity contribution is 5.36. The van der Waals surface area contributed by atoms with Crippen LogP contribution in [0.25, 0.3) is 0 Å². The molecule has 0 aliphatic heterocycles. The van der Waals surface area contributed by atoms with Gasteiger partial charge in [-0.1, -0.05) is 18.2 Å². The minimum absolute atomic E-state index is 0.874. The number of benzene rings is 1. The maximum atomic E-state index is 3.84. The van der Waals surface area contributed by atoms with Crippen LogP contribution in [-0.4, -0.2) is 6.54 Å². The summed E-state index contributed by atoms with van der Waals surface area (Å²) >= 11 is 0. The van der Waals surface area contributed by atoms with Crippen molar-refractivity contribution >= 4 is 0 Å². The molecule has 4 bridgehead atoms. The summed E-state index contributed by atoms with van der Waals surface area (Å²) < 4.78 is 0. The SMILES string of the molecule is Cc1ccc(CNCC2C3CC4CC(C3)CC2C4)cc1C1CC1. The number of aryl methyl sites for hydroxylation is 1. The predicted molar refractivity (Wildman–Crippen MR) is 95.4 cm³/mol. The summed E-state index contributed by atoms with van der Waals surface area (Å²) in [5.74, 6) is 6.17. The fraction of sp³-hybridized carbons (Fsp3) is 0.727. The van der Waals surface area contributed by atoms with Gasteiger partial charge >= 0.3 is 0 Å². The van der Waals surface area contributed by atoms with Gasteiger partial charge < -0.3 is 5.32 Å². The van der Waals surface area contributed by atoms with Crippen LogP contribution >= 0.6 is 0 Å². The molecule has 0 unspecified atom stereocenters. The van der Waals surface area contributed by atoms with Gasteiger partial charge in [0.15, 0.2) is 0 Å². The Bertz CT molecular complexity index is 558. The van der Waals surface area contributed by atoms with E-state index in [0.717, 1.165) is 42.1 Å². The van der Waals surface area contributed by atoms with E-state index in [9.17, 15) is 0 Å². The molecule has 0 aromatic heterocycles. The first-order chi connectivity index (χ1) is 11.3. The lowest BCUT2D eigenvalue weighted by atomic mass is 9.52. The highest BCUT2D eigenvalue weighted by atomic mass is 14.9. The molecule has 6 rings (SSSR count). The van der Waals surface area contributed by atoms with Gasteiger partial charge in [0.05, 0.1) is 0 Å². The first-order valence-corrected chi connectivity index (χ1v) is 10.1. The normalized spacial score (nSPS) is 38.2. The number of hydrogen-bond acceptors (Lipinski definition) is 1. The standard InChI is InChI=1S/C22H31N/c1-14-2-3-15(11-21(14)18-4-5-18)12-23-13-22-19-7-16-6-17(9-19)10-20(22)8-16/h2-3,11,16-20,22-23H,4-10,12-13H2,1H3. The Hall–Kier alpha value is -0.820. The van der Waals surface area contributed by atoms with Crippen LogP contribution in [0.2, 0.25) is 0 Å². The van der Waals surface area contributed by atoms with E-state index in [-0.39, 0.29) is 0 Å². The molecule has 1 heteroatoms. The topological polar surface area (TPSA) is 12.0 Å². The molecular formula is C22H31N. The zero-order valence-corrected chi connectivity index (χ0v) is 14.6. The van der Waals surface area contributed by atoms with E-state index >= 15 is 0 Å². The Morgan fingerprint density at radius 1 is 0.957 bits per heavy atom. The second-order valence-electron chi connectivity index (χ2n) is 9.19. The van der Waals surface area contributed by atoms with Crippen molar-refractivity contribution in [3.05, 3.63) is 34.9 Å². The summed E-state index contributed by atoms with van der Waals surface area (Å²) in [5.41, 5.74) is 4.62. The maximum absolute atomic E-state index is 3.84. The van der Waals surface area contributed by atoms with Gasteiger partial charge in [0, 0.05) is 6.54 Å². The second-order valence-corrected chi connectivity index (χ2v) is 9.19. The van der Waals surface area contributed by atoms with Crippen LogP contribution in [0.4, 0.5) is 0 Å². The van der Waals surface area contributed by atoms with Crippen molar-refractivity contribution < 1.29 is 0 Å². The fourth-order valence-corrected chi connectivity index (χ4v) is 6.39. The Morgan fingerprint density at radius 3 is 2.30 bits per heavy atom. The minimum atomic E-state index is 0.874. The van der Waals surface area contributed by atoms with Gasteiger partial charge in [0.1, 0.15) is 0 Å². The van der Waals surface area contributed by atoms with Crippen LogP contribution in [0.1, 0.15) is 67.6 Å². The van der Waals surface area contributed by atoms with E-state index in [0.29, 0.717) is 0 Å². The van der Waals surface area contributed by atoms with Gasteiger partial charge in [-0.25, -0.2) is 0 Å². The molecule has 1 aromatic carbocycles. The third-order valence-corrected chi connectivity index (χ3v) is 7.49. The predicted octanol–water partition coefficient (Wildman–Crippen LogP) is 5.03. The van der Waals surface area contributed by atoms with E-state index in [4.69, 9.17) is 0 Å². The van der Waals surface area contributed by atoms with Gasteiger partial charge in [-0.2, -0.15) is 0 Å². The molecule has 5 fully saturated rings. The molecular weight excluding hydrogens is 278 g/mol. The van der Waals surface area contributed by atoms with E-state index in [2.05, 4.69) is 30.4 Å². The van der Waals surface area contributed by atoms with Crippen LogP contribution in [0, 0.1) is 36.5 Å². The Labute approximate surface area is 141 Å². The fourth-order valence-electron chi connectivity index (χ4n) is 6.39. The third-order valence-electron chi connectivity index (χ3n) is 7.49. The van der Waals surface area contributed by atoms with Crippen molar-refractivity contribution in [1.82, 2.24) is 5.32 Å². The van der Waals surface area contributed by atoms with E-state index in [1.807, 2.05) is 0 Å². The molecule has 1 nitrogen and oxygen atoms in total. The van der Waals surface area contributed by atoms with Crippen LogP contribution in [-0.2, 0) is 6.54 Å². The smallest absolute Gasteiger partial charge is 0.0205 e. The summed E-state index contributed by atoms with van der Waals surface area (Å²) in [4.78, 5) is 0. The van der Waals surface area contributed by atoms with Crippen molar-refractivity contribution in [3.8, 4) is 0 Å². The van der Waals surface area contributed by atoms with Crippen molar-refractivity contribution in [2.45, 2.75) is 64.3 Å². The largest absolute Gasteiger partial charge is 0.312 e. The molecule has 0 amide bonds. The number of hydrogen-bond donors (Lipinski definition) is 1. The van der Waals surface area contributed by atoms with Crippen molar-refractivity contribution in [2.24, 2.45) is 29.6 Å². The molecule has 5 aliphatic rings. The molecule has 0 heterocycles. The monoisotopic (exact) mass is 309 g/mol. The highest BCUT2D eigenvalue weighted by Gasteiger charge is 2.47. The minimum Gasteiger partial charge on any atom is -0.312 e. The zero-order valence-electron chi connectivity index (χ0n) is 14.6. The molecule has 23 heavy (non-hydrogen) atoms. The first kappa shape index (κ1) is 14.5. The van der Waals surface area contributed by atoms with Crippen molar-refractivity contribution in [1.29, 1.82) is 0 Å². The summed E-state index contributed by atoms with van der Waals surface area (Å²) in [5, 5.41) is 3.84. The summed E-state index contributed by atoms with van der Waals surface area (Å²) in [6.07, 6.45) is 10.6. The highest BCUT2D eigenvalue weighted by Crippen LogP contribution is 2.56. The van der Waals surface area contributed by atoms with Crippen molar-refractivity contribution in [2.75, 3.05) is 6.54 Å². The third kappa shape index (κ3) is 2.76. The van der Waals surface area contributed by atoms with Gasteiger partial charge in [-0.05, 0) is 111 Å². The number of nitrogens with one attached hydrogen (secondary N) is 1. The number of rotatable bonds is 5. The molecule has 0 saturated heterocycles. The zero-order chi connectivity index (χ0) is 15.4. The van der Waals surface area contributed by atoms with Gasteiger partial charge in [0.2, 0.25) is 0 Å². The van der Waals surface area contributed by atoms with Gasteiger partial charge in [-0.15, -0.1) is 0 Å². The Morgan fingerprint density at radius 2 is 1.65 bits per heavy atom. The van der Waals surface area contributed by atoms with E-state index in [1.165, 1.54) is 30.5 Å². The summed E-state index contributed by atoms with van der Waals surface area (Å²) in [6, 6.07) is 7.16. The van der Waals surface area contributed by atoms with Crippen LogP contribution < -0.4 is 5.32 Å². The van der Waals surface area contributed by atoms with E-state index < -0.39 is 0 Å².